The van der Waals surface area contributed by atoms with Crippen LogP contribution >= 0.6 is 0 Å². The number of hydrogen-bond donors (Lipinski definition) is 0. The zero-order valence-corrected chi connectivity index (χ0v) is 21.6. The molecular formula is C23H29N3O7S2. The van der Waals surface area contributed by atoms with Crippen molar-refractivity contribution in [2.24, 2.45) is 0 Å². The summed E-state index contributed by atoms with van der Waals surface area (Å²) in [6, 6.07) is 9.76. The number of sulfonamides is 2. The average Bonchev–Trinajstić information content (AvgIpc) is 3.24. The number of carbonyl (C=O) groups excluding carboxylic acids is 1. The van der Waals surface area contributed by atoms with Crippen molar-refractivity contribution < 1.29 is 31.1 Å². The summed E-state index contributed by atoms with van der Waals surface area (Å²) in [5, 5.41) is 0. The van der Waals surface area contributed by atoms with Crippen molar-refractivity contribution in [2.75, 3.05) is 55.9 Å². The zero-order valence-electron chi connectivity index (χ0n) is 19.9. The summed E-state index contributed by atoms with van der Waals surface area (Å²) in [5.41, 5.74) is 1.94. The van der Waals surface area contributed by atoms with E-state index in [1.165, 1.54) is 24.5 Å². The van der Waals surface area contributed by atoms with Gasteiger partial charge in [-0.3, -0.25) is 9.10 Å². The number of benzene rings is 2. The summed E-state index contributed by atoms with van der Waals surface area (Å²) in [4.78, 5) is 14.8. The minimum atomic E-state index is -3.58. The van der Waals surface area contributed by atoms with Crippen LogP contribution in [0.25, 0.3) is 0 Å². The van der Waals surface area contributed by atoms with Crippen molar-refractivity contribution in [2.45, 2.75) is 24.2 Å². The number of ether oxygens (including phenoxy) is 2. The molecule has 0 radical (unpaired) electrons. The van der Waals surface area contributed by atoms with E-state index in [-0.39, 0.29) is 23.8 Å². The first-order valence-electron chi connectivity index (χ1n) is 11.2. The number of anilines is 2. The summed E-state index contributed by atoms with van der Waals surface area (Å²) in [7, 11) is -4.19. The maximum Gasteiger partial charge on any atom is 0.242 e. The van der Waals surface area contributed by atoms with Crippen molar-refractivity contribution in [3.63, 3.8) is 0 Å². The second-order valence-electron chi connectivity index (χ2n) is 8.64. The van der Waals surface area contributed by atoms with Gasteiger partial charge in [0.25, 0.3) is 0 Å². The molecule has 0 saturated heterocycles. The molecule has 2 aliphatic heterocycles. The fourth-order valence-electron chi connectivity index (χ4n) is 4.19. The average molecular weight is 524 g/mol. The molecule has 0 spiro atoms. The van der Waals surface area contributed by atoms with Crippen LogP contribution in [-0.2, 0) is 31.3 Å². The Hall–Kier alpha value is -2.83. The monoisotopic (exact) mass is 523 g/mol. The molecule has 35 heavy (non-hydrogen) atoms. The van der Waals surface area contributed by atoms with Crippen LogP contribution < -0.4 is 18.7 Å². The Labute approximate surface area is 206 Å². The van der Waals surface area contributed by atoms with Gasteiger partial charge in [-0.15, -0.1) is 0 Å². The highest BCUT2D eigenvalue weighted by atomic mass is 32.2. The number of hydrogen-bond acceptors (Lipinski definition) is 7. The summed E-state index contributed by atoms with van der Waals surface area (Å²) in [6.07, 6.45) is 2.15. The molecule has 0 fully saturated rings. The Bertz CT molecular complexity index is 1340. The first kappa shape index (κ1) is 25.3. The van der Waals surface area contributed by atoms with Gasteiger partial charge in [0.05, 0.1) is 16.8 Å². The van der Waals surface area contributed by atoms with Crippen LogP contribution in [-0.4, -0.2) is 73.7 Å². The Balaban J connectivity index is 1.43. The van der Waals surface area contributed by atoms with Crippen molar-refractivity contribution in [1.82, 2.24) is 4.31 Å². The van der Waals surface area contributed by atoms with Gasteiger partial charge >= 0.3 is 0 Å². The Morgan fingerprint density at radius 2 is 1.71 bits per heavy atom. The standard InChI is InChI=1S/C23H29N3O7S2/c1-24(2)35(30,31)19-7-8-20-17(15-19)10-12-25(20)23(27)5-4-11-26(34(3,28)29)18-6-9-21-22(16-18)33-14-13-32-21/h6-9,15-16H,4-5,10-14H2,1-3H3. The van der Waals surface area contributed by atoms with E-state index in [1.54, 1.807) is 35.2 Å². The topological polar surface area (TPSA) is 114 Å². The lowest BCUT2D eigenvalue weighted by atomic mass is 10.2. The molecule has 2 aromatic rings. The molecule has 0 atom stereocenters. The van der Waals surface area contributed by atoms with Crippen LogP contribution in [0.1, 0.15) is 18.4 Å². The Morgan fingerprint density at radius 3 is 2.40 bits per heavy atom. The third-order valence-electron chi connectivity index (χ3n) is 5.99. The highest BCUT2D eigenvalue weighted by Crippen LogP contribution is 2.35. The van der Waals surface area contributed by atoms with Crippen LogP contribution in [0, 0.1) is 0 Å². The lowest BCUT2D eigenvalue weighted by Gasteiger charge is -2.25. The Morgan fingerprint density at radius 1 is 1.00 bits per heavy atom. The van der Waals surface area contributed by atoms with Crippen LogP contribution in [0.2, 0.25) is 0 Å². The molecule has 0 N–H and O–H groups in total. The maximum atomic E-state index is 13.0. The van der Waals surface area contributed by atoms with Gasteiger partial charge in [0, 0.05) is 45.4 Å². The molecule has 0 aliphatic carbocycles. The van der Waals surface area contributed by atoms with Gasteiger partial charge in [-0.2, -0.15) is 0 Å². The smallest absolute Gasteiger partial charge is 0.242 e. The number of fused-ring (bicyclic) bond motifs is 2. The predicted octanol–water partition coefficient (Wildman–Crippen LogP) is 1.84. The number of amides is 1. The van der Waals surface area contributed by atoms with Gasteiger partial charge in [-0.05, 0) is 48.7 Å². The highest BCUT2D eigenvalue weighted by molar-refractivity contribution is 7.92. The minimum absolute atomic E-state index is 0.130. The van der Waals surface area contributed by atoms with Gasteiger partial charge in [-0.1, -0.05) is 0 Å². The number of rotatable bonds is 8. The van der Waals surface area contributed by atoms with Crippen molar-refractivity contribution in [3.8, 4) is 11.5 Å². The summed E-state index contributed by atoms with van der Waals surface area (Å²) < 4.78 is 63.2. The largest absolute Gasteiger partial charge is 0.486 e. The van der Waals surface area contributed by atoms with Crippen LogP contribution in [0.3, 0.4) is 0 Å². The summed E-state index contributed by atoms with van der Waals surface area (Å²) in [6.45, 7) is 1.42. The molecular weight excluding hydrogens is 494 g/mol. The van der Waals surface area contributed by atoms with Gasteiger partial charge in [0.1, 0.15) is 13.2 Å². The van der Waals surface area contributed by atoms with Gasteiger partial charge in [-0.25, -0.2) is 21.1 Å². The van der Waals surface area contributed by atoms with E-state index in [9.17, 15) is 21.6 Å². The van der Waals surface area contributed by atoms with E-state index in [4.69, 9.17) is 9.47 Å². The van der Waals surface area contributed by atoms with E-state index in [0.29, 0.717) is 55.5 Å². The normalized spacial score (nSPS) is 15.3. The molecule has 0 saturated carbocycles. The van der Waals surface area contributed by atoms with Gasteiger partial charge in [0.2, 0.25) is 26.0 Å². The molecule has 190 valence electrons. The molecule has 2 aliphatic rings. The summed E-state index contributed by atoms with van der Waals surface area (Å²) in [5.74, 6) is 0.920. The quantitative estimate of drug-likeness (QED) is 0.519. The molecule has 0 unspecified atom stereocenters. The SMILES string of the molecule is CN(C)S(=O)(=O)c1ccc2c(c1)CCN2C(=O)CCCN(c1ccc2c(c1)OCCO2)S(C)(=O)=O. The molecule has 1 amide bonds. The van der Waals surface area contributed by atoms with Crippen molar-refractivity contribution >= 4 is 37.3 Å². The molecule has 2 heterocycles. The van der Waals surface area contributed by atoms with Crippen LogP contribution in [0.4, 0.5) is 11.4 Å². The lowest BCUT2D eigenvalue weighted by molar-refractivity contribution is -0.118. The summed E-state index contributed by atoms with van der Waals surface area (Å²) >= 11 is 0. The van der Waals surface area contributed by atoms with Crippen molar-refractivity contribution in [3.05, 3.63) is 42.0 Å². The van der Waals surface area contributed by atoms with E-state index in [0.717, 1.165) is 16.1 Å². The van der Waals surface area contributed by atoms with Crippen molar-refractivity contribution in [1.29, 1.82) is 0 Å². The van der Waals surface area contributed by atoms with E-state index in [2.05, 4.69) is 0 Å². The third kappa shape index (κ3) is 5.24. The van der Waals surface area contributed by atoms with E-state index in [1.807, 2.05) is 0 Å². The van der Waals surface area contributed by atoms with Crippen LogP contribution in [0.5, 0.6) is 11.5 Å². The zero-order chi connectivity index (χ0) is 25.4. The number of carbonyl (C=O) groups is 1. The van der Waals surface area contributed by atoms with Crippen LogP contribution in [0.15, 0.2) is 41.3 Å². The minimum Gasteiger partial charge on any atom is -0.486 e. The molecule has 12 heteroatoms. The Kier molecular flexibility index (Phi) is 6.98. The predicted molar refractivity (Wildman–Crippen MR) is 132 cm³/mol. The molecule has 0 bridgehead atoms. The lowest BCUT2D eigenvalue weighted by Crippen LogP contribution is -2.33. The first-order chi connectivity index (χ1) is 16.5. The number of nitrogens with zero attached hydrogens (tertiary/aromatic N) is 3. The fourth-order valence-corrected chi connectivity index (χ4v) is 6.10. The van der Waals surface area contributed by atoms with Gasteiger partial charge < -0.3 is 14.4 Å². The fraction of sp³-hybridized carbons (Fsp3) is 0.435. The molecule has 4 rings (SSSR count). The highest BCUT2D eigenvalue weighted by Gasteiger charge is 2.28. The molecule has 10 nitrogen and oxygen atoms in total. The first-order valence-corrected chi connectivity index (χ1v) is 14.5. The second kappa shape index (κ2) is 9.67. The van der Waals surface area contributed by atoms with E-state index >= 15 is 0 Å². The molecule has 2 aromatic carbocycles. The van der Waals surface area contributed by atoms with Gasteiger partial charge in [0.15, 0.2) is 11.5 Å². The second-order valence-corrected chi connectivity index (χ2v) is 12.7. The maximum absolute atomic E-state index is 13.0. The third-order valence-corrected chi connectivity index (χ3v) is 9.00. The van der Waals surface area contributed by atoms with E-state index < -0.39 is 20.0 Å². The molecule has 0 aromatic heterocycles.